The van der Waals surface area contributed by atoms with Crippen LogP contribution >= 0.6 is 11.5 Å². The number of sulfonamides is 1. The second-order valence-electron chi connectivity index (χ2n) is 5.40. The van der Waals surface area contributed by atoms with E-state index in [9.17, 15) is 18.5 Å². The van der Waals surface area contributed by atoms with Crippen LogP contribution in [-0.2, 0) is 16.6 Å². The van der Waals surface area contributed by atoms with Crippen LogP contribution in [0.5, 0.6) is 0 Å². The lowest BCUT2D eigenvalue weighted by Gasteiger charge is -2.05. The maximum Gasteiger partial charge on any atom is 0.285 e. The minimum Gasteiger partial charge on any atom is -0.299 e. The lowest BCUT2D eigenvalue weighted by molar-refractivity contribution is -0.385. The third-order valence-corrected chi connectivity index (χ3v) is 5.80. The van der Waals surface area contributed by atoms with Gasteiger partial charge < -0.3 is 0 Å². The van der Waals surface area contributed by atoms with E-state index in [-0.39, 0.29) is 15.4 Å². The number of aromatic nitrogens is 2. The Morgan fingerprint density at radius 3 is 2.62 bits per heavy atom. The van der Waals surface area contributed by atoms with Crippen molar-refractivity contribution in [1.29, 1.82) is 0 Å². The number of nitro benzene ring substituents is 1. The molecule has 0 fully saturated rings. The fourth-order valence-corrected chi connectivity index (χ4v) is 4.24. The molecule has 0 saturated heterocycles. The Labute approximate surface area is 153 Å². The van der Waals surface area contributed by atoms with Crippen molar-refractivity contribution in [3.05, 3.63) is 80.9 Å². The highest BCUT2D eigenvalue weighted by molar-refractivity contribution is 7.90. The largest absolute Gasteiger partial charge is 0.299 e. The molecule has 0 saturated carbocycles. The summed E-state index contributed by atoms with van der Waals surface area (Å²) >= 11 is 0.961. The van der Waals surface area contributed by atoms with Gasteiger partial charge in [-0.05, 0) is 18.6 Å². The van der Waals surface area contributed by atoms with Gasteiger partial charge in [-0.2, -0.15) is 12.8 Å². The molecule has 1 aromatic heterocycles. The van der Waals surface area contributed by atoms with Gasteiger partial charge in [0.05, 0.1) is 16.4 Å². The Kier molecular flexibility index (Phi) is 4.96. The van der Waals surface area contributed by atoms with Crippen molar-refractivity contribution >= 4 is 27.2 Å². The molecule has 0 amide bonds. The summed E-state index contributed by atoms with van der Waals surface area (Å²) in [6, 6.07) is 14.3. The first-order valence-electron chi connectivity index (χ1n) is 7.49. The van der Waals surface area contributed by atoms with E-state index in [1.165, 1.54) is 18.2 Å². The van der Waals surface area contributed by atoms with E-state index in [1.54, 1.807) is 11.5 Å². The summed E-state index contributed by atoms with van der Waals surface area (Å²) in [5.41, 5.74) is 0.670. The van der Waals surface area contributed by atoms with Gasteiger partial charge in [0, 0.05) is 23.7 Å². The second-order valence-corrected chi connectivity index (χ2v) is 7.74. The number of nitrogens with zero attached hydrogens (tertiary/aromatic N) is 4. The summed E-state index contributed by atoms with van der Waals surface area (Å²) in [7, 11) is -4.10. The number of nitro groups is 1. The van der Waals surface area contributed by atoms with Crippen LogP contribution in [0.15, 0.2) is 63.9 Å². The molecule has 8 nitrogen and oxygen atoms in total. The van der Waals surface area contributed by atoms with Gasteiger partial charge in [0.1, 0.15) is 5.82 Å². The predicted molar refractivity (Wildman–Crippen MR) is 96.2 cm³/mol. The molecule has 10 heteroatoms. The van der Waals surface area contributed by atoms with Crippen molar-refractivity contribution in [3.8, 4) is 0 Å². The molecule has 0 bridgehead atoms. The van der Waals surface area contributed by atoms with Crippen molar-refractivity contribution in [2.45, 2.75) is 18.4 Å². The van der Waals surface area contributed by atoms with Gasteiger partial charge in [-0.1, -0.05) is 36.4 Å². The smallest absolute Gasteiger partial charge is 0.285 e. The Bertz CT molecular complexity index is 1120. The van der Waals surface area contributed by atoms with Crippen molar-refractivity contribution in [2.75, 3.05) is 0 Å². The molecule has 0 aliphatic heterocycles. The zero-order valence-corrected chi connectivity index (χ0v) is 15.3. The molecule has 0 radical (unpaired) electrons. The van der Waals surface area contributed by atoms with Crippen LogP contribution in [0.1, 0.15) is 11.4 Å². The van der Waals surface area contributed by atoms with Gasteiger partial charge in [-0.15, -0.1) is 4.40 Å². The van der Waals surface area contributed by atoms with Crippen LogP contribution in [0.25, 0.3) is 0 Å². The SMILES string of the molecule is Cc1ns/c(=N\S(=O)(=O)c2cccc([N+](=O)[O-])c2)n1Cc1ccccc1. The van der Waals surface area contributed by atoms with E-state index in [2.05, 4.69) is 8.77 Å². The molecule has 0 spiro atoms. The quantitative estimate of drug-likeness (QED) is 0.491. The summed E-state index contributed by atoms with van der Waals surface area (Å²) in [4.78, 5) is 10.2. The van der Waals surface area contributed by atoms with Gasteiger partial charge >= 0.3 is 0 Å². The molecular formula is C16H14N4O4S2. The Morgan fingerprint density at radius 1 is 1.19 bits per heavy atom. The maximum absolute atomic E-state index is 12.6. The molecule has 1 heterocycles. The monoisotopic (exact) mass is 390 g/mol. The van der Waals surface area contributed by atoms with Crippen LogP contribution in [0.4, 0.5) is 5.69 Å². The lowest BCUT2D eigenvalue weighted by Crippen LogP contribution is -2.19. The van der Waals surface area contributed by atoms with E-state index < -0.39 is 14.9 Å². The molecule has 134 valence electrons. The zero-order chi connectivity index (χ0) is 18.7. The number of hydrogen-bond acceptors (Lipinski definition) is 6. The summed E-state index contributed by atoms with van der Waals surface area (Å²) in [5.74, 6) is 0.631. The van der Waals surface area contributed by atoms with Crippen LogP contribution in [-0.4, -0.2) is 22.3 Å². The number of rotatable bonds is 5. The first-order chi connectivity index (χ1) is 12.4. The molecule has 3 rings (SSSR count). The van der Waals surface area contributed by atoms with E-state index >= 15 is 0 Å². The minimum absolute atomic E-state index is 0.206. The molecule has 3 aromatic rings. The average Bonchev–Trinajstić information content (AvgIpc) is 2.95. The van der Waals surface area contributed by atoms with E-state index in [1.807, 2.05) is 30.3 Å². The highest BCUT2D eigenvalue weighted by atomic mass is 32.2. The van der Waals surface area contributed by atoms with Crippen LogP contribution in [0.3, 0.4) is 0 Å². The molecule has 2 aromatic carbocycles. The molecule has 0 aliphatic carbocycles. The van der Waals surface area contributed by atoms with Crippen LogP contribution < -0.4 is 4.80 Å². The van der Waals surface area contributed by atoms with Crippen molar-refractivity contribution in [3.63, 3.8) is 0 Å². The second kappa shape index (κ2) is 7.18. The summed E-state index contributed by atoms with van der Waals surface area (Å²) in [6.45, 7) is 2.19. The fraction of sp³-hybridized carbons (Fsp3) is 0.125. The summed E-state index contributed by atoms with van der Waals surface area (Å²) < 4.78 is 34.8. The minimum atomic E-state index is -4.10. The Balaban J connectivity index is 2.05. The number of non-ortho nitro benzene ring substituents is 1. The van der Waals surface area contributed by atoms with Gasteiger partial charge in [-0.25, -0.2) is 0 Å². The maximum atomic E-state index is 12.6. The van der Waals surface area contributed by atoms with Gasteiger partial charge in [-0.3, -0.25) is 14.7 Å². The molecule has 0 aliphatic rings. The number of aryl methyl sites for hydroxylation is 1. The molecule has 0 unspecified atom stereocenters. The highest BCUT2D eigenvalue weighted by Gasteiger charge is 2.18. The molecule has 0 N–H and O–H groups in total. The topological polar surface area (TPSA) is 107 Å². The van der Waals surface area contributed by atoms with Gasteiger partial charge in [0.15, 0.2) is 0 Å². The summed E-state index contributed by atoms with van der Waals surface area (Å²) in [6.07, 6.45) is 0. The predicted octanol–water partition coefficient (Wildman–Crippen LogP) is 2.50. The van der Waals surface area contributed by atoms with Crippen LogP contribution in [0, 0.1) is 17.0 Å². The van der Waals surface area contributed by atoms with Crippen molar-refractivity contribution < 1.29 is 13.3 Å². The van der Waals surface area contributed by atoms with Gasteiger partial charge in [0.2, 0.25) is 4.80 Å². The average molecular weight is 390 g/mol. The highest BCUT2D eigenvalue weighted by Crippen LogP contribution is 2.19. The first-order valence-corrected chi connectivity index (χ1v) is 9.71. The fourth-order valence-electron chi connectivity index (χ4n) is 2.27. The Morgan fingerprint density at radius 2 is 1.92 bits per heavy atom. The zero-order valence-electron chi connectivity index (χ0n) is 13.6. The molecule has 26 heavy (non-hydrogen) atoms. The standard InChI is InChI=1S/C16H14N4O4S2/c1-12-17-25-16(19(12)11-13-6-3-2-4-7-13)18-26(23,24)15-9-5-8-14(10-15)20(21)22/h2-10H,11H2,1H3/b18-16-. The third kappa shape index (κ3) is 3.86. The normalized spacial score (nSPS) is 12.3. The van der Waals surface area contributed by atoms with Gasteiger partial charge in [0.25, 0.3) is 15.7 Å². The van der Waals surface area contributed by atoms with Crippen LogP contribution in [0.2, 0.25) is 0 Å². The number of benzene rings is 2. The molecular weight excluding hydrogens is 376 g/mol. The van der Waals surface area contributed by atoms with E-state index in [0.29, 0.717) is 12.4 Å². The number of hydrogen-bond donors (Lipinski definition) is 0. The molecule has 0 atom stereocenters. The first kappa shape index (κ1) is 18.0. The van der Waals surface area contributed by atoms with Crippen molar-refractivity contribution in [1.82, 2.24) is 8.94 Å². The van der Waals surface area contributed by atoms with E-state index in [0.717, 1.165) is 23.2 Å². The van der Waals surface area contributed by atoms with Crippen molar-refractivity contribution in [2.24, 2.45) is 4.40 Å². The summed E-state index contributed by atoms with van der Waals surface area (Å²) in [5, 5.41) is 10.9. The Hall–Kier alpha value is -2.85. The third-order valence-electron chi connectivity index (χ3n) is 3.59. The lowest BCUT2D eigenvalue weighted by atomic mass is 10.2. The van der Waals surface area contributed by atoms with E-state index in [4.69, 9.17) is 0 Å².